The summed E-state index contributed by atoms with van der Waals surface area (Å²) >= 11 is 0. The predicted octanol–water partition coefficient (Wildman–Crippen LogP) is 3.05. The van der Waals surface area contributed by atoms with Gasteiger partial charge >= 0.3 is 5.97 Å². The van der Waals surface area contributed by atoms with E-state index in [1.807, 2.05) is 30.3 Å². The molecule has 2 N–H and O–H groups in total. The minimum absolute atomic E-state index is 0. The fourth-order valence-electron chi connectivity index (χ4n) is 1.23. The molecule has 0 aliphatic heterocycles. The molecule has 0 bridgehead atoms. The molecule has 0 heterocycles. The first-order valence-electron chi connectivity index (χ1n) is 5.30. The normalized spacial score (nSPS) is 13.3. The quantitative estimate of drug-likeness (QED) is 0.499. The van der Waals surface area contributed by atoms with Crippen molar-refractivity contribution in [1.29, 1.82) is 0 Å². The van der Waals surface area contributed by atoms with E-state index in [0.29, 0.717) is 5.57 Å². The zero-order chi connectivity index (χ0) is 12.7. The summed E-state index contributed by atoms with van der Waals surface area (Å²) in [4.78, 5) is 10.5. The molecule has 18 heavy (non-hydrogen) atoms. The molecule has 0 aromatic heterocycles. The molecule has 2 rings (SSSR count). The molecule has 4 heteroatoms. The molecule has 0 radical (unpaired) electrons. The van der Waals surface area contributed by atoms with E-state index in [4.69, 9.17) is 5.11 Å². The van der Waals surface area contributed by atoms with Crippen LogP contribution in [0.4, 0.5) is 0 Å². The van der Waals surface area contributed by atoms with Gasteiger partial charge in [0.2, 0.25) is 0 Å². The van der Waals surface area contributed by atoms with Crippen LogP contribution in [0.5, 0.6) is 0 Å². The van der Waals surface area contributed by atoms with Crippen LogP contribution in [-0.4, -0.2) is 16.2 Å². The van der Waals surface area contributed by atoms with Crippen LogP contribution < -0.4 is 0 Å². The van der Waals surface area contributed by atoms with Gasteiger partial charge in [0.1, 0.15) is 11.7 Å². The van der Waals surface area contributed by atoms with Gasteiger partial charge in [0.05, 0.1) is 0 Å². The Morgan fingerprint density at radius 3 is 2.00 bits per heavy atom. The molecular weight excluding hydrogens is 272 g/mol. The largest absolute Gasteiger partial charge is 0.511 e. The molecule has 0 amide bonds. The van der Waals surface area contributed by atoms with Crippen molar-refractivity contribution in [3.8, 4) is 0 Å². The minimum atomic E-state index is -1.02. The fraction of sp³-hybridized carbons (Fsp3) is 0.143. The molecule has 98 valence electrons. The summed E-state index contributed by atoms with van der Waals surface area (Å²) in [5, 5.41) is 18.0. The van der Waals surface area contributed by atoms with Gasteiger partial charge in [-0.2, -0.15) is 18.2 Å². The van der Waals surface area contributed by atoms with Crippen molar-refractivity contribution in [2.45, 2.75) is 6.92 Å². The summed E-state index contributed by atoms with van der Waals surface area (Å²) in [5.41, 5.74) is 0.574. The molecular formula is C14H15FeO3-. The van der Waals surface area contributed by atoms with Crippen LogP contribution in [0, 0.1) is 5.92 Å². The Balaban J connectivity index is 0.000000405. The summed E-state index contributed by atoms with van der Waals surface area (Å²) in [6.45, 7) is 1.45. The fourth-order valence-corrected chi connectivity index (χ4v) is 1.23. The molecule has 0 fully saturated rings. The number of aliphatic carboxylic acids is 1. The molecule has 0 saturated carbocycles. The molecule has 1 aliphatic carbocycles. The smallest absolute Gasteiger partial charge is 0.313 e. The summed E-state index contributed by atoms with van der Waals surface area (Å²) in [5.74, 6) is -1.95. The third kappa shape index (κ3) is 5.13. The number of aliphatic hydroxyl groups excluding tert-OH is 1. The summed E-state index contributed by atoms with van der Waals surface area (Å²) < 4.78 is 0. The van der Waals surface area contributed by atoms with Crippen LogP contribution in [-0.2, 0) is 21.9 Å². The van der Waals surface area contributed by atoms with Crippen molar-refractivity contribution >= 4 is 5.97 Å². The zero-order valence-corrected chi connectivity index (χ0v) is 11.0. The Morgan fingerprint density at radius 1 is 1.17 bits per heavy atom. The van der Waals surface area contributed by atoms with E-state index in [1.54, 1.807) is 24.3 Å². The van der Waals surface area contributed by atoms with Gasteiger partial charge in [-0.1, -0.05) is 24.3 Å². The summed E-state index contributed by atoms with van der Waals surface area (Å²) in [7, 11) is 0. The number of aliphatic hydroxyl groups is 1. The number of carbonyl (C=O) groups is 1. The standard InChI is InChI=1S/C9H10O3.C5H5.Fe/c1-6(9(11)12)8(10)7-4-2-3-5-7;1-2-4-5-3-1;/h2-6,10H,1H3,(H,11,12);1-5H;/q;-1;. The molecule has 1 aliphatic rings. The van der Waals surface area contributed by atoms with Crippen LogP contribution in [0.15, 0.2) is 66.0 Å². The van der Waals surface area contributed by atoms with E-state index in [2.05, 4.69) is 0 Å². The summed E-state index contributed by atoms with van der Waals surface area (Å²) in [6.07, 6.45) is 6.85. The van der Waals surface area contributed by atoms with Gasteiger partial charge in [-0.05, 0) is 6.92 Å². The number of allylic oxidation sites excluding steroid dienone is 5. The Labute approximate surface area is 117 Å². The van der Waals surface area contributed by atoms with Gasteiger partial charge in [-0.3, -0.25) is 4.79 Å². The molecule has 1 atom stereocenters. The van der Waals surface area contributed by atoms with E-state index < -0.39 is 11.9 Å². The minimum Gasteiger partial charge on any atom is -0.511 e. The van der Waals surface area contributed by atoms with Gasteiger partial charge in [0.15, 0.2) is 0 Å². The van der Waals surface area contributed by atoms with Crippen LogP contribution >= 0.6 is 0 Å². The van der Waals surface area contributed by atoms with E-state index in [-0.39, 0.29) is 22.8 Å². The number of rotatable bonds is 2. The SMILES string of the molecule is CC(C(=O)O)C(O)=C1C=CC=C1.[Fe].c1cc[cH-]c1. The maximum atomic E-state index is 10.5. The molecule has 1 aromatic carbocycles. The Hall–Kier alpha value is -1.64. The van der Waals surface area contributed by atoms with E-state index >= 15 is 0 Å². The number of hydrogen-bond donors (Lipinski definition) is 2. The molecule has 1 unspecified atom stereocenters. The number of hydrogen-bond acceptors (Lipinski definition) is 2. The van der Waals surface area contributed by atoms with Gasteiger partial charge in [-0.15, -0.1) is 0 Å². The van der Waals surface area contributed by atoms with Crippen LogP contribution in [0.2, 0.25) is 0 Å². The molecule has 0 saturated heterocycles. The topological polar surface area (TPSA) is 57.5 Å². The van der Waals surface area contributed by atoms with Gasteiger partial charge < -0.3 is 10.2 Å². The Morgan fingerprint density at radius 2 is 1.67 bits per heavy atom. The van der Waals surface area contributed by atoms with Crippen molar-refractivity contribution in [2.75, 3.05) is 0 Å². The molecule has 0 spiro atoms. The second-order valence-electron chi connectivity index (χ2n) is 3.58. The third-order valence-corrected chi connectivity index (χ3v) is 2.29. The van der Waals surface area contributed by atoms with Crippen molar-refractivity contribution in [3.63, 3.8) is 0 Å². The van der Waals surface area contributed by atoms with E-state index in [1.165, 1.54) is 6.92 Å². The average molecular weight is 287 g/mol. The van der Waals surface area contributed by atoms with Gasteiger partial charge in [-0.25, -0.2) is 12.1 Å². The van der Waals surface area contributed by atoms with Crippen LogP contribution in [0.1, 0.15) is 6.92 Å². The van der Waals surface area contributed by atoms with Crippen LogP contribution in [0.3, 0.4) is 0 Å². The summed E-state index contributed by atoms with van der Waals surface area (Å²) in [6, 6.07) is 10.0. The third-order valence-electron chi connectivity index (χ3n) is 2.29. The van der Waals surface area contributed by atoms with Crippen molar-refractivity contribution < 1.29 is 32.1 Å². The maximum absolute atomic E-state index is 10.5. The monoisotopic (exact) mass is 287 g/mol. The van der Waals surface area contributed by atoms with Gasteiger partial charge in [0, 0.05) is 22.6 Å². The average Bonchev–Trinajstić information content (AvgIpc) is 3.01. The first kappa shape index (κ1) is 16.4. The number of carboxylic acid groups (broad SMARTS) is 1. The first-order valence-corrected chi connectivity index (χ1v) is 5.30. The zero-order valence-electron chi connectivity index (χ0n) is 9.93. The molecule has 3 nitrogen and oxygen atoms in total. The van der Waals surface area contributed by atoms with Crippen molar-refractivity contribution in [1.82, 2.24) is 0 Å². The Bertz CT molecular complexity index is 410. The van der Waals surface area contributed by atoms with Gasteiger partial charge in [0.25, 0.3) is 0 Å². The number of carboxylic acids is 1. The van der Waals surface area contributed by atoms with E-state index in [9.17, 15) is 9.90 Å². The molecule has 1 aromatic rings. The van der Waals surface area contributed by atoms with Crippen LogP contribution in [0.25, 0.3) is 0 Å². The second kappa shape index (κ2) is 8.45. The predicted molar refractivity (Wildman–Crippen MR) is 66.8 cm³/mol. The maximum Gasteiger partial charge on any atom is 0.313 e. The van der Waals surface area contributed by atoms with Crippen molar-refractivity contribution in [2.24, 2.45) is 5.92 Å². The van der Waals surface area contributed by atoms with Crippen molar-refractivity contribution in [3.05, 3.63) is 66.0 Å². The second-order valence-corrected chi connectivity index (χ2v) is 3.58. The first-order chi connectivity index (χ1) is 8.13. The Kier molecular flexibility index (Phi) is 7.68. The van der Waals surface area contributed by atoms with E-state index in [0.717, 1.165) is 0 Å².